The van der Waals surface area contributed by atoms with Gasteiger partial charge in [0.2, 0.25) is 10.0 Å². The van der Waals surface area contributed by atoms with Gasteiger partial charge in [0.25, 0.3) is 0 Å². The highest BCUT2D eigenvalue weighted by Crippen LogP contribution is 2.25. The lowest BCUT2D eigenvalue weighted by Crippen LogP contribution is -2.30. The van der Waals surface area contributed by atoms with Crippen LogP contribution in [-0.2, 0) is 10.0 Å². The summed E-state index contributed by atoms with van der Waals surface area (Å²) in [5.74, 6) is 0.347. The van der Waals surface area contributed by atoms with Crippen LogP contribution in [0.4, 0.5) is 0 Å². The average molecular weight is 334 g/mol. The van der Waals surface area contributed by atoms with Crippen molar-refractivity contribution in [2.75, 3.05) is 0 Å². The minimum atomic E-state index is -3.38. The van der Waals surface area contributed by atoms with Crippen LogP contribution in [0.2, 0.25) is 0 Å². The number of sulfonamides is 1. The predicted octanol–water partition coefficient (Wildman–Crippen LogP) is 3.26. The van der Waals surface area contributed by atoms with Crippen molar-refractivity contribution in [3.63, 3.8) is 0 Å². The Kier molecular flexibility index (Phi) is 5.37. The Morgan fingerprint density at radius 2 is 1.56 bits per heavy atom. The van der Waals surface area contributed by atoms with Crippen molar-refractivity contribution >= 4 is 26.0 Å². The highest BCUT2D eigenvalue weighted by molar-refractivity contribution is 9.09. The molecule has 0 aliphatic carbocycles. The lowest BCUT2D eigenvalue weighted by Gasteiger charge is -2.15. The summed E-state index contributed by atoms with van der Waals surface area (Å²) in [6.07, 6.45) is 0. The molecule has 0 amide bonds. The topological polar surface area (TPSA) is 46.2 Å². The second kappa shape index (κ2) is 6.17. The van der Waals surface area contributed by atoms with E-state index < -0.39 is 10.0 Å². The monoisotopic (exact) mass is 333 g/mol. The highest BCUT2D eigenvalue weighted by atomic mass is 79.9. The Morgan fingerprint density at radius 1 is 1.06 bits per heavy atom. The summed E-state index contributed by atoms with van der Waals surface area (Å²) in [6, 6.07) is 6.96. The molecule has 0 saturated heterocycles. The van der Waals surface area contributed by atoms with Crippen molar-refractivity contribution in [1.29, 1.82) is 0 Å². The van der Waals surface area contributed by atoms with Crippen LogP contribution in [0.15, 0.2) is 29.2 Å². The first-order chi connectivity index (χ1) is 8.24. The first kappa shape index (κ1) is 15.7. The molecule has 3 nitrogen and oxygen atoms in total. The van der Waals surface area contributed by atoms with Crippen LogP contribution in [0.3, 0.4) is 0 Å². The molecule has 2 atom stereocenters. The Morgan fingerprint density at radius 3 is 1.94 bits per heavy atom. The maximum Gasteiger partial charge on any atom is 0.240 e. The third-order valence-electron chi connectivity index (χ3n) is 2.80. The summed E-state index contributed by atoms with van der Waals surface area (Å²) >= 11 is 3.54. The van der Waals surface area contributed by atoms with E-state index in [4.69, 9.17) is 0 Å². The van der Waals surface area contributed by atoms with Crippen LogP contribution < -0.4 is 4.72 Å². The predicted molar refractivity (Wildman–Crippen MR) is 78.7 cm³/mol. The van der Waals surface area contributed by atoms with Crippen LogP contribution in [-0.4, -0.2) is 19.3 Å². The Bertz CT molecular complexity index is 480. The normalized spacial score (nSPS) is 15.7. The van der Waals surface area contributed by atoms with Gasteiger partial charge in [0.05, 0.1) is 4.90 Å². The Balaban J connectivity index is 2.96. The van der Waals surface area contributed by atoms with E-state index in [9.17, 15) is 8.42 Å². The quantitative estimate of drug-likeness (QED) is 0.840. The maximum absolute atomic E-state index is 11.9. The van der Waals surface area contributed by atoms with Crippen LogP contribution in [0, 0.1) is 0 Å². The third kappa shape index (κ3) is 4.07. The molecule has 0 aliphatic heterocycles. The standard InChI is InChI=1S/C13H20BrNO2S/c1-9(2)15-18(16,17)13-7-5-12(6-8-13)10(3)11(4)14/h5-11,15H,1-4H3. The van der Waals surface area contributed by atoms with Gasteiger partial charge in [-0.1, -0.05) is 41.9 Å². The number of benzene rings is 1. The van der Waals surface area contributed by atoms with Gasteiger partial charge in [-0.2, -0.15) is 0 Å². The first-order valence-electron chi connectivity index (χ1n) is 6.00. The number of nitrogens with one attached hydrogen (secondary N) is 1. The SMILES string of the molecule is CC(C)NS(=O)(=O)c1ccc(C(C)C(C)Br)cc1. The van der Waals surface area contributed by atoms with Crippen molar-refractivity contribution in [2.45, 2.75) is 49.4 Å². The first-order valence-corrected chi connectivity index (χ1v) is 8.40. The van der Waals surface area contributed by atoms with Gasteiger partial charge < -0.3 is 0 Å². The molecule has 0 bridgehead atoms. The second-order valence-corrected chi connectivity index (χ2v) is 7.97. The molecule has 0 spiro atoms. The zero-order valence-electron chi connectivity index (χ0n) is 11.1. The summed E-state index contributed by atoms with van der Waals surface area (Å²) in [5.41, 5.74) is 1.13. The molecule has 1 N–H and O–H groups in total. The molecule has 102 valence electrons. The van der Waals surface area contributed by atoms with E-state index in [1.807, 2.05) is 12.1 Å². The molecule has 0 aromatic heterocycles. The molecule has 5 heteroatoms. The fourth-order valence-electron chi connectivity index (χ4n) is 1.59. The van der Waals surface area contributed by atoms with E-state index in [1.165, 1.54) is 0 Å². The van der Waals surface area contributed by atoms with Gasteiger partial charge in [-0.05, 0) is 37.5 Å². The van der Waals surface area contributed by atoms with E-state index in [2.05, 4.69) is 34.5 Å². The second-order valence-electron chi connectivity index (χ2n) is 4.81. The molecular formula is C13H20BrNO2S. The van der Waals surface area contributed by atoms with E-state index in [-0.39, 0.29) is 6.04 Å². The average Bonchev–Trinajstić information content (AvgIpc) is 2.26. The molecule has 0 radical (unpaired) electrons. The smallest absolute Gasteiger partial charge is 0.209 e. The lowest BCUT2D eigenvalue weighted by atomic mass is 9.99. The van der Waals surface area contributed by atoms with Gasteiger partial charge in [0.1, 0.15) is 0 Å². The molecule has 1 aromatic carbocycles. The molecule has 18 heavy (non-hydrogen) atoms. The number of hydrogen-bond donors (Lipinski definition) is 1. The lowest BCUT2D eigenvalue weighted by molar-refractivity contribution is 0.570. The van der Waals surface area contributed by atoms with Gasteiger partial charge in [0.15, 0.2) is 0 Å². The maximum atomic E-state index is 11.9. The number of rotatable bonds is 5. The number of hydrogen-bond acceptors (Lipinski definition) is 2. The molecule has 0 heterocycles. The fourth-order valence-corrected chi connectivity index (χ4v) is 3.15. The van der Waals surface area contributed by atoms with Crippen molar-refractivity contribution in [2.24, 2.45) is 0 Å². The van der Waals surface area contributed by atoms with Crippen molar-refractivity contribution in [3.05, 3.63) is 29.8 Å². The summed E-state index contributed by atoms with van der Waals surface area (Å²) < 4.78 is 26.4. The van der Waals surface area contributed by atoms with Crippen molar-refractivity contribution in [3.8, 4) is 0 Å². The third-order valence-corrected chi connectivity index (χ3v) is 5.26. The van der Waals surface area contributed by atoms with Crippen LogP contribution in [0.25, 0.3) is 0 Å². The minimum Gasteiger partial charge on any atom is -0.209 e. The largest absolute Gasteiger partial charge is 0.240 e. The Hall–Kier alpha value is -0.390. The molecule has 0 fully saturated rings. The highest BCUT2D eigenvalue weighted by Gasteiger charge is 2.16. The molecule has 2 unspecified atom stereocenters. The summed E-state index contributed by atoms with van der Waals surface area (Å²) in [5, 5.41) is 0. The van der Waals surface area contributed by atoms with Crippen LogP contribution in [0.1, 0.15) is 39.2 Å². The number of halogens is 1. The van der Waals surface area contributed by atoms with Gasteiger partial charge in [-0.15, -0.1) is 0 Å². The summed E-state index contributed by atoms with van der Waals surface area (Å²) in [4.78, 5) is 0.670. The fraction of sp³-hybridized carbons (Fsp3) is 0.538. The van der Waals surface area contributed by atoms with E-state index in [0.29, 0.717) is 15.6 Å². The van der Waals surface area contributed by atoms with Gasteiger partial charge in [-0.3, -0.25) is 0 Å². The molecule has 0 aliphatic rings. The van der Waals surface area contributed by atoms with Gasteiger partial charge in [0, 0.05) is 10.9 Å². The van der Waals surface area contributed by atoms with Crippen molar-refractivity contribution < 1.29 is 8.42 Å². The molecular weight excluding hydrogens is 314 g/mol. The minimum absolute atomic E-state index is 0.101. The number of alkyl halides is 1. The Labute approximate surface area is 118 Å². The zero-order chi connectivity index (χ0) is 13.9. The van der Waals surface area contributed by atoms with E-state index in [1.54, 1.807) is 26.0 Å². The molecule has 1 rings (SSSR count). The van der Waals surface area contributed by atoms with Crippen LogP contribution >= 0.6 is 15.9 Å². The van der Waals surface area contributed by atoms with E-state index in [0.717, 1.165) is 5.56 Å². The summed E-state index contributed by atoms with van der Waals surface area (Å²) in [6.45, 7) is 7.80. The molecule has 1 aromatic rings. The summed E-state index contributed by atoms with van der Waals surface area (Å²) in [7, 11) is -3.38. The van der Waals surface area contributed by atoms with Gasteiger partial charge >= 0.3 is 0 Å². The van der Waals surface area contributed by atoms with Gasteiger partial charge in [-0.25, -0.2) is 13.1 Å². The zero-order valence-corrected chi connectivity index (χ0v) is 13.5. The van der Waals surface area contributed by atoms with E-state index >= 15 is 0 Å². The van der Waals surface area contributed by atoms with Crippen molar-refractivity contribution in [1.82, 2.24) is 4.72 Å². The van der Waals surface area contributed by atoms with Crippen LogP contribution in [0.5, 0.6) is 0 Å². The molecule has 0 saturated carbocycles.